The number of hydrogen-bond donors (Lipinski definition) is 1. The van der Waals surface area contributed by atoms with Gasteiger partial charge in [-0.3, -0.25) is 9.59 Å². The molecule has 2 atom stereocenters. The van der Waals surface area contributed by atoms with Gasteiger partial charge >= 0.3 is 0 Å². The molecule has 0 spiro atoms. The average Bonchev–Trinajstić information content (AvgIpc) is 2.72. The molecule has 2 amide bonds. The second-order valence-corrected chi connectivity index (χ2v) is 4.27. The van der Waals surface area contributed by atoms with Crippen LogP contribution in [-0.4, -0.2) is 49.6 Å². The lowest BCUT2D eigenvalue weighted by Crippen LogP contribution is -2.39. The number of rotatable bonds is 2. The molecule has 0 aromatic carbocycles. The molecule has 5 heteroatoms. The van der Waals surface area contributed by atoms with E-state index in [-0.39, 0.29) is 18.4 Å². The maximum absolute atomic E-state index is 11.7. The quantitative estimate of drug-likeness (QED) is 0.653. The van der Waals surface area contributed by atoms with E-state index < -0.39 is 0 Å². The topological polar surface area (TPSA) is 58.6 Å². The number of nitrogens with zero attached hydrogens (tertiary/aromatic N) is 1. The summed E-state index contributed by atoms with van der Waals surface area (Å²) in [6, 6.07) is 0. The highest BCUT2D eigenvalue weighted by atomic mass is 16.5. The molecule has 0 aromatic rings. The molecule has 0 bridgehead atoms. The molecule has 0 radical (unpaired) electrons. The summed E-state index contributed by atoms with van der Waals surface area (Å²) < 4.78 is 5.33. The standard InChI is InChI=1S/C10H16N2O3/c1-7(13)11-2-10(14)12-3-8-5-15-6-9(8)4-12/h8-9H,2-6H2,1H3,(H,11,13)/t8-,9+. The number of amides is 2. The molecule has 2 fully saturated rings. The smallest absolute Gasteiger partial charge is 0.241 e. The van der Waals surface area contributed by atoms with Gasteiger partial charge in [0, 0.05) is 31.8 Å². The highest BCUT2D eigenvalue weighted by Gasteiger charge is 2.38. The van der Waals surface area contributed by atoms with Gasteiger partial charge in [0.1, 0.15) is 0 Å². The number of carbonyl (C=O) groups excluding carboxylic acids is 2. The van der Waals surface area contributed by atoms with Crippen molar-refractivity contribution in [2.45, 2.75) is 6.92 Å². The minimum absolute atomic E-state index is 0.0135. The Balaban J connectivity index is 1.80. The lowest BCUT2D eigenvalue weighted by Gasteiger charge is -2.17. The Morgan fingerprint density at radius 2 is 1.93 bits per heavy atom. The average molecular weight is 212 g/mol. The van der Waals surface area contributed by atoms with Crippen molar-refractivity contribution in [3.63, 3.8) is 0 Å². The zero-order valence-corrected chi connectivity index (χ0v) is 8.86. The van der Waals surface area contributed by atoms with Crippen molar-refractivity contribution < 1.29 is 14.3 Å². The van der Waals surface area contributed by atoms with Crippen molar-refractivity contribution >= 4 is 11.8 Å². The molecule has 5 nitrogen and oxygen atoms in total. The molecule has 2 aliphatic heterocycles. The van der Waals surface area contributed by atoms with Crippen molar-refractivity contribution in [3.8, 4) is 0 Å². The minimum Gasteiger partial charge on any atom is -0.381 e. The first-order valence-electron chi connectivity index (χ1n) is 5.27. The number of likely N-dealkylation sites (tertiary alicyclic amines) is 1. The van der Waals surface area contributed by atoms with E-state index in [0.29, 0.717) is 11.8 Å². The summed E-state index contributed by atoms with van der Waals surface area (Å²) in [6.07, 6.45) is 0. The molecule has 2 aliphatic rings. The zero-order chi connectivity index (χ0) is 10.8. The fourth-order valence-corrected chi connectivity index (χ4v) is 2.20. The normalized spacial score (nSPS) is 29.0. The highest BCUT2D eigenvalue weighted by molar-refractivity contribution is 5.83. The van der Waals surface area contributed by atoms with Crippen LogP contribution in [-0.2, 0) is 14.3 Å². The van der Waals surface area contributed by atoms with Crippen LogP contribution < -0.4 is 5.32 Å². The van der Waals surface area contributed by atoms with E-state index >= 15 is 0 Å². The number of hydrogen-bond acceptors (Lipinski definition) is 3. The van der Waals surface area contributed by atoms with Crippen molar-refractivity contribution in [1.82, 2.24) is 10.2 Å². The summed E-state index contributed by atoms with van der Waals surface area (Å²) >= 11 is 0. The van der Waals surface area contributed by atoms with Crippen LogP contribution in [0.2, 0.25) is 0 Å². The molecular formula is C10H16N2O3. The fourth-order valence-electron chi connectivity index (χ4n) is 2.20. The van der Waals surface area contributed by atoms with E-state index in [1.54, 1.807) is 0 Å². The molecule has 2 heterocycles. The first-order valence-corrected chi connectivity index (χ1v) is 5.27. The Hall–Kier alpha value is -1.10. The van der Waals surface area contributed by atoms with Crippen LogP contribution in [0.3, 0.4) is 0 Å². The predicted octanol–water partition coefficient (Wildman–Crippen LogP) is -0.773. The van der Waals surface area contributed by atoms with Gasteiger partial charge in [-0.05, 0) is 0 Å². The van der Waals surface area contributed by atoms with E-state index in [1.807, 2.05) is 4.90 Å². The number of carbonyl (C=O) groups is 2. The van der Waals surface area contributed by atoms with Crippen molar-refractivity contribution in [1.29, 1.82) is 0 Å². The van der Waals surface area contributed by atoms with Gasteiger partial charge in [0.15, 0.2) is 0 Å². The lowest BCUT2D eigenvalue weighted by atomic mass is 10.0. The van der Waals surface area contributed by atoms with Crippen molar-refractivity contribution in [2.24, 2.45) is 11.8 Å². The van der Waals surface area contributed by atoms with E-state index in [4.69, 9.17) is 4.74 Å². The third-order valence-electron chi connectivity index (χ3n) is 3.08. The lowest BCUT2D eigenvalue weighted by molar-refractivity contribution is -0.132. The Bertz CT molecular complexity index is 268. The van der Waals surface area contributed by atoms with Gasteiger partial charge in [0.2, 0.25) is 11.8 Å². The maximum Gasteiger partial charge on any atom is 0.241 e. The summed E-state index contributed by atoms with van der Waals surface area (Å²) in [5.41, 5.74) is 0. The Labute approximate surface area is 88.8 Å². The third-order valence-corrected chi connectivity index (χ3v) is 3.08. The zero-order valence-electron chi connectivity index (χ0n) is 8.86. The molecule has 0 aliphatic carbocycles. The molecule has 84 valence electrons. The fraction of sp³-hybridized carbons (Fsp3) is 0.800. The largest absolute Gasteiger partial charge is 0.381 e. The van der Waals surface area contributed by atoms with Crippen LogP contribution in [0.25, 0.3) is 0 Å². The summed E-state index contributed by atoms with van der Waals surface area (Å²) in [4.78, 5) is 24.1. The summed E-state index contributed by atoms with van der Waals surface area (Å²) in [5.74, 6) is 0.864. The van der Waals surface area contributed by atoms with Gasteiger partial charge in [-0.15, -0.1) is 0 Å². The minimum atomic E-state index is -0.161. The van der Waals surface area contributed by atoms with Gasteiger partial charge in [-0.25, -0.2) is 0 Å². The number of nitrogens with one attached hydrogen (secondary N) is 1. The van der Waals surface area contributed by atoms with E-state index in [0.717, 1.165) is 26.3 Å². The van der Waals surface area contributed by atoms with E-state index in [1.165, 1.54) is 6.92 Å². The molecule has 0 unspecified atom stereocenters. The summed E-state index contributed by atoms with van der Waals surface area (Å²) in [5, 5.41) is 2.53. The highest BCUT2D eigenvalue weighted by Crippen LogP contribution is 2.28. The monoisotopic (exact) mass is 212 g/mol. The molecule has 0 aromatic heterocycles. The number of fused-ring (bicyclic) bond motifs is 1. The third kappa shape index (κ3) is 2.28. The molecule has 1 N–H and O–H groups in total. The molecule has 0 saturated carbocycles. The van der Waals surface area contributed by atoms with Crippen LogP contribution in [0.15, 0.2) is 0 Å². The van der Waals surface area contributed by atoms with Crippen LogP contribution >= 0.6 is 0 Å². The molecular weight excluding hydrogens is 196 g/mol. The van der Waals surface area contributed by atoms with Gasteiger partial charge in [-0.2, -0.15) is 0 Å². The predicted molar refractivity (Wildman–Crippen MR) is 53.1 cm³/mol. The van der Waals surface area contributed by atoms with E-state index in [9.17, 15) is 9.59 Å². The first-order chi connectivity index (χ1) is 7.16. The van der Waals surface area contributed by atoms with Crippen LogP contribution in [0.4, 0.5) is 0 Å². The second-order valence-electron chi connectivity index (χ2n) is 4.27. The summed E-state index contributed by atoms with van der Waals surface area (Å²) in [7, 11) is 0. The van der Waals surface area contributed by atoms with Gasteiger partial charge < -0.3 is 15.0 Å². The van der Waals surface area contributed by atoms with Crippen LogP contribution in [0.5, 0.6) is 0 Å². The maximum atomic E-state index is 11.7. The van der Waals surface area contributed by atoms with Crippen LogP contribution in [0, 0.1) is 11.8 Å². The van der Waals surface area contributed by atoms with Gasteiger partial charge in [-0.1, -0.05) is 0 Å². The Morgan fingerprint density at radius 3 is 2.47 bits per heavy atom. The number of ether oxygens (including phenoxy) is 1. The van der Waals surface area contributed by atoms with Gasteiger partial charge in [0.05, 0.1) is 19.8 Å². The van der Waals surface area contributed by atoms with Crippen molar-refractivity contribution in [3.05, 3.63) is 0 Å². The van der Waals surface area contributed by atoms with Gasteiger partial charge in [0.25, 0.3) is 0 Å². The first kappa shape index (κ1) is 10.4. The Kier molecular flexibility index (Phi) is 2.90. The Morgan fingerprint density at radius 1 is 1.33 bits per heavy atom. The SMILES string of the molecule is CC(=O)NCC(=O)N1C[C@H]2COC[C@H]2C1. The van der Waals surface area contributed by atoms with Crippen molar-refractivity contribution in [2.75, 3.05) is 32.8 Å². The molecule has 2 rings (SSSR count). The second kappa shape index (κ2) is 4.18. The van der Waals surface area contributed by atoms with Crippen LogP contribution in [0.1, 0.15) is 6.92 Å². The van der Waals surface area contributed by atoms with E-state index in [2.05, 4.69) is 5.32 Å². The molecule has 2 saturated heterocycles. The molecule has 15 heavy (non-hydrogen) atoms. The summed E-state index contributed by atoms with van der Waals surface area (Å²) in [6.45, 7) is 4.64.